The average molecular weight is 287 g/mol. The van der Waals surface area contributed by atoms with Crippen LogP contribution in [0.2, 0.25) is 0 Å². The van der Waals surface area contributed by atoms with Crippen LogP contribution in [0.3, 0.4) is 0 Å². The summed E-state index contributed by atoms with van der Waals surface area (Å²) in [6.45, 7) is 7.26. The van der Waals surface area contributed by atoms with E-state index < -0.39 is 0 Å². The van der Waals surface area contributed by atoms with Crippen molar-refractivity contribution in [3.05, 3.63) is 5.01 Å². The predicted molar refractivity (Wildman–Crippen MR) is 72.0 cm³/mol. The Kier molecular flexibility index (Phi) is 4.58. The van der Waals surface area contributed by atoms with Gasteiger partial charge in [0.15, 0.2) is 4.34 Å². The molecule has 1 aliphatic heterocycles. The topological polar surface area (TPSA) is 55.3 Å². The summed E-state index contributed by atoms with van der Waals surface area (Å²) in [7, 11) is 0. The largest absolute Gasteiger partial charge is 0.372 e. The standard InChI is InChI=1S/C11H17N3O2S2/c1-7-4-14(5-8(2)16-7)10(15)6-17-11-13-12-9(3)18-11/h7-8H,4-6H2,1-3H3. The zero-order valence-electron chi connectivity index (χ0n) is 10.8. The first kappa shape index (κ1) is 13.8. The van der Waals surface area contributed by atoms with Gasteiger partial charge in [0.25, 0.3) is 0 Å². The number of carbonyl (C=O) groups excluding carboxylic acids is 1. The lowest BCUT2D eigenvalue weighted by molar-refractivity contribution is -0.140. The molecule has 2 atom stereocenters. The molecule has 1 amide bonds. The fourth-order valence-electron chi connectivity index (χ4n) is 1.93. The summed E-state index contributed by atoms with van der Waals surface area (Å²) in [6.07, 6.45) is 0.234. The number of carbonyl (C=O) groups is 1. The monoisotopic (exact) mass is 287 g/mol. The van der Waals surface area contributed by atoms with Crippen molar-refractivity contribution in [1.82, 2.24) is 15.1 Å². The van der Waals surface area contributed by atoms with Crippen molar-refractivity contribution in [2.24, 2.45) is 0 Å². The molecule has 0 N–H and O–H groups in total. The van der Waals surface area contributed by atoms with Crippen LogP contribution in [0.25, 0.3) is 0 Å². The number of hydrogen-bond acceptors (Lipinski definition) is 6. The van der Waals surface area contributed by atoms with E-state index in [0.717, 1.165) is 9.35 Å². The zero-order chi connectivity index (χ0) is 13.1. The maximum absolute atomic E-state index is 12.1. The first-order chi connectivity index (χ1) is 8.54. The molecule has 0 saturated carbocycles. The number of hydrogen-bond donors (Lipinski definition) is 0. The predicted octanol–water partition coefficient (Wildman–Crippen LogP) is 1.57. The maximum Gasteiger partial charge on any atom is 0.233 e. The quantitative estimate of drug-likeness (QED) is 0.790. The molecule has 1 fully saturated rings. The Labute approximate surface area is 115 Å². The van der Waals surface area contributed by atoms with E-state index in [-0.39, 0.29) is 18.1 Å². The SMILES string of the molecule is Cc1nnc(SCC(=O)N2CC(C)OC(C)C2)s1. The second-order valence-corrected chi connectivity index (χ2v) is 6.84. The van der Waals surface area contributed by atoms with Crippen LogP contribution in [0.5, 0.6) is 0 Å². The van der Waals surface area contributed by atoms with Gasteiger partial charge in [-0.2, -0.15) is 0 Å². The molecule has 100 valence electrons. The number of morpholine rings is 1. The molecule has 1 aromatic rings. The molecule has 0 spiro atoms. The lowest BCUT2D eigenvalue weighted by Crippen LogP contribution is -2.48. The van der Waals surface area contributed by atoms with Crippen molar-refractivity contribution in [1.29, 1.82) is 0 Å². The molecule has 7 heteroatoms. The van der Waals surface area contributed by atoms with Crippen molar-refractivity contribution in [2.75, 3.05) is 18.8 Å². The van der Waals surface area contributed by atoms with Gasteiger partial charge >= 0.3 is 0 Å². The summed E-state index contributed by atoms with van der Waals surface area (Å²) in [5, 5.41) is 8.86. The highest BCUT2D eigenvalue weighted by molar-refractivity contribution is 8.01. The first-order valence-corrected chi connectivity index (χ1v) is 7.71. The Balaban J connectivity index is 1.84. The van der Waals surface area contributed by atoms with Crippen LogP contribution < -0.4 is 0 Å². The van der Waals surface area contributed by atoms with Crippen molar-refractivity contribution in [2.45, 2.75) is 37.3 Å². The molecule has 1 saturated heterocycles. The second-order valence-electron chi connectivity index (χ2n) is 4.43. The number of nitrogens with zero attached hydrogens (tertiary/aromatic N) is 3. The van der Waals surface area contributed by atoms with E-state index in [1.165, 1.54) is 23.1 Å². The second kappa shape index (κ2) is 5.99. The van der Waals surface area contributed by atoms with Gasteiger partial charge in [-0.25, -0.2) is 0 Å². The van der Waals surface area contributed by atoms with E-state index >= 15 is 0 Å². The smallest absolute Gasteiger partial charge is 0.233 e. The highest BCUT2D eigenvalue weighted by Crippen LogP contribution is 2.22. The molecule has 5 nitrogen and oxygen atoms in total. The number of aryl methyl sites for hydroxylation is 1. The van der Waals surface area contributed by atoms with Gasteiger partial charge in [0, 0.05) is 13.1 Å². The van der Waals surface area contributed by atoms with Gasteiger partial charge in [0.2, 0.25) is 5.91 Å². The van der Waals surface area contributed by atoms with Gasteiger partial charge in [-0.15, -0.1) is 10.2 Å². The molecular weight excluding hydrogens is 270 g/mol. The van der Waals surface area contributed by atoms with E-state index in [2.05, 4.69) is 10.2 Å². The third kappa shape index (κ3) is 3.66. The Hall–Kier alpha value is -0.660. The van der Waals surface area contributed by atoms with Crippen LogP contribution in [0.4, 0.5) is 0 Å². The third-order valence-corrected chi connectivity index (χ3v) is 4.56. The lowest BCUT2D eigenvalue weighted by atomic mass is 10.2. The number of amides is 1. The number of rotatable bonds is 3. The molecule has 2 unspecified atom stereocenters. The Morgan fingerprint density at radius 3 is 2.67 bits per heavy atom. The van der Waals surface area contributed by atoms with E-state index in [1.54, 1.807) is 0 Å². The minimum atomic E-state index is 0.117. The third-order valence-electron chi connectivity index (χ3n) is 2.60. The molecule has 1 aliphatic rings. The van der Waals surface area contributed by atoms with Crippen LogP contribution in [0.1, 0.15) is 18.9 Å². The zero-order valence-corrected chi connectivity index (χ0v) is 12.4. The van der Waals surface area contributed by atoms with Gasteiger partial charge < -0.3 is 9.64 Å². The lowest BCUT2D eigenvalue weighted by Gasteiger charge is -2.35. The minimum absolute atomic E-state index is 0.117. The fourth-order valence-corrected chi connectivity index (χ4v) is 3.65. The van der Waals surface area contributed by atoms with Gasteiger partial charge in [-0.05, 0) is 20.8 Å². The van der Waals surface area contributed by atoms with Crippen molar-refractivity contribution >= 4 is 29.0 Å². The summed E-state index contributed by atoms with van der Waals surface area (Å²) in [5.41, 5.74) is 0. The van der Waals surface area contributed by atoms with Crippen LogP contribution in [-0.2, 0) is 9.53 Å². The van der Waals surface area contributed by atoms with Gasteiger partial charge in [-0.3, -0.25) is 4.79 Å². The van der Waals surface area contributed by atoms with Gasteiger partial charge in [0.1, 0.15) is 5.01 Å². The number of ether oxygens (including phenoxy) is 1. The Bertz CT molecular complexity index is 414. The normalized spacial score (nSPS) is 24.3. The number of thioether (sulfide) groups is 1. The van der Waals surface area contributed by atoms with Gasteiger partial charge in [0.05, 0.1) is 18.0 Å². The minimum Gasteiger partial charge on any atom is -0.372 e. The van der Waals surface area contributed by atoms with Gasteiger partial charge in [-0.1, -0.05) is 23.1 Å². The first-order valence-electron chi connectivity index (χ1n) is 5.90. The Morgan fingerprint density at radius 2 is 2.11 bits per heavy atom. The molecule has 0 bridgehead atoms. The molecule has 0 radical (unpaired) electrons. The molecule has 2 rings (SSSR count). The van der Waals surface area contributed by atoms with E-state index in [4.69, 9.17) is 4.74 Å². The molecule has 1 aromatic heterocycles. The van der Waals surface area contributed by atoms with E-state index in [9.17, 15) is 4.79 Å². The summed E-state index contributed by atoms with van der Waals surface area (Å²) in [4.78, 5) is 14.0. The Morgan fingerprint density at radius 1 is 1.44 bits per heavy atom. The summed E-state index contributed by atoms with van der Waals surface area (Å²) in [5.74, 6) is 0.573. The molecule has 0 aliphatic carbocycles. The highest BCUT2D eigenvalue weighted by atomic mass is 32.2. The molecule has 2 heterocycles. The maximum atomic E-state index is 12.1. The summed E-state index contributed by atoms with van der Waals surface area (Å²) in [6, 6.07) is 0. The van der Waals surface area contributed by atoms with E-state index in [0.29, 0.717) is 18.8 Å². The van der Waals surface area contributed by atoms with E-state index in [1.807, 2.05) is 25.7 Å². The van der Waals surface area contributed by atoms with Crippen LogP contribution in [0.15, 0.2) is 4.34 Å². The van der Waals surface area contributed by atoms with Crippen molar-refractivity contribution < 1.29 is 9.53 Å². The molecular formula is C11H17N3O2S2. The average Bonchev–Trinajstić information content (AvgIpc) is 2.70. The highest BCUT2D eigenvalue weighted by Gasteiger charge is 2.25. The van der Waals surface area contributed by atoms with Crippen LogP contribution >= 0.6 is 23.1 Å². The van der Waals surface area contributed by atoms with Crippen molar-refractivity contribution in [3.8, 4) is 0 Å². The van der Waals surface area contributed by atoms with Crippen molar-refractivity contribution in [3.63, 3.8) is 0 Å². The molecule has 0 aromatic carbocycles. The number of aromatic nitrogens is 2. The van der Waals surface area contributed by atoms with Crippen LogP contribution in [0, 0.1) is 6.92 Å². The summed E-state index contributed by atoms with van der Waals surface area (Å²) >= 11 is 2.98. The fraction of sp³-hybridized carbons (Fsp3) is 0.727. The van der Waals surface area contributed by atoms with Crippen LogP contribution in [-0.4, -0.2) is 52.1 Å². The molecule has 18 heavy (non-hydrogen) atoms. The summed E-state index contributed by atoms with van der Waals surface area (Å²) < 4.78 is 6.47.